The van der Waals surface area contributed by atoms with Crippen LogP contribution in [0.1, 0.15) is 57.8 Å². The van der Waals surface area contributed by atoms with Gasteiger partial charge in [-0.15, -0.1) is 0 Å². The Morgan fingerprint density at radius 2 is 1.56 bits per heavy atom. The van der Waals surface area contributed by atoms with Gasteiger partial charge >= 0.3 is 6.09 Å². The number of hydrogen-bond acceptors (Lipinski definition) is 6. The predicted molar refractivity (Wildman–Crippen MR) is 172 cm³/mol. The fourth-order valence-electron chi connectivity index (χ4n) is 6.40. The second-order valence-electron chi connectivity index (χ2n) is 11.6. The molecule has 1 atom stereocenters. The number of nitrogens with two attached hydrogens (primary N) is 1. The molecule has 0 radical (unpaired) electrons. The number of carbonyl (C=O) groups is 3. The molecule has 2 aliphatic heterocycles. The average molecular weight is 600 g/mol. The minimum atomic E-state index is -0.699. The standard InChI is InChI=1S/C36H33N5O4/c37-31(15-7-8-18-38-36(44)45-21-30-26-11-3-1-9-24(26)25-10-2-4-12-27(25)30)34(42)39-23-16-17-32-22(19-23)20-41-33(40-32)28-13-5-6-14-29(28)35(41)43/h1-6,9-14,16-17,19,30-31H,7-8,15,18,20-21,37H2,(H,38,44)(H,39,42)/t31-/m0/s1. The molecule has 9 nitrogen and oxygen atoms in total. The van der Waals surface area contributed by atoms with Crippen molar-refractivity contribution in [1.29, 1.82) is 0 Å². The van der Waals surface area contributed by atoms with E-state index in [1.807, 2.05) is 60.7 Å². The van der Waals surface area contributed by atoms with E-state index in [1.54, 1.807) is 11.0 Å². The van der Waals surface area contributed by atoms with Gasteiger partial charge < -0.3 is 21.1 Å². The normalized spacial score (nSPS) is 14.8. The summed E-state index contributed by atoms with van der Waals surface area (Å²) in [5.41, 5.74) is 14.6. The highest BCUT2D eigenvalue weighted by atomic mass is 16.5. The number of rotatable bonds is 9. The quantitative estimate of drug-likeness (QED) is 0.213. The van der Waals surface area contributed by atoms with Crippen molar-refractivity contribution in [2.24, 2.45) is 10.7 Å². The van der Waals surface area contributed by atoms with Gasteiger partial charge in [0, 0.05) is 23.7 Å². The molecular formula is C36H33N5O4. The Kier molecular flexibility index (Phi) is 7.61. The first-order chi connectivity index (χ1) is 22.0. The molecule has 1 aliphatic carbocycles. The van der Waals surface area contributed by atoms with Crippen LogP contribution in [0.3, 0.4) is 0 Å². The summed E-state index contributed by atoms with van der Waals surface area (Å²) in [6, 6.07) is 28.7. The molecule has 0 saturated heterocycles. The van der Waals surface area contributed by atoms with Gasteiger partial charge in [-0.1, -0.05) is 66.7 Å². The number of hydrogen-bond donors (Lipinski definition) is 3. The fourth-order valence-corrected chi connectivity index (χ4v) is 6.40. The van der Waals surface area contributed by atoms with Gasteiger partial charge in [-0.3, -0.25) is 14.5 Å². The van der Waals surface area contributed by atoms with Crippen LogP contribution in [0.2, 0.25) is 0 Å². The fraction of sp³-hybridized carbons (Fsp3) is 0.222. The van der Waals surface area contributed by atoms with E-state index < -0.39 is 12.1 Å². The molecule has 0 unspecified atom stereocenters. The predicted octanol–water partition coefficient (Wildman–Crippen LogP) is 5.71. The molecule has 3 amide bonds. The van der Waals surface area contributed by atoms with Crippen molar-refractivity contribution >= 4 is 35.1 Å². The Balaban J connectivity index is 0.850. The van der Waals surface area contributed by atoms with Gasteiger partial charge in [0.15, 0.2) is 0 Å². The summed E-state index contributed by atoms with van der Waals surface area (Å²) in [6.45, 7) is 1.08. The first kappa shape index (κ1) is 28.5. The van der Waals surface area contributed by atoms with Crippen LogP contribution in [0.15, 0.2) is 96.0 Å². The molecule has 9 heteroatoms. The largest absolute Gasteiger partial charge is 0.449 e. The van der Waals surface area contributed by atoms with Crippen LogP contribution in [-0.2, 0) is 16.1 Å². The van der Waals surface area contributed by atoms with Crippen LogP contribution in [-0.4, -0.2) is 47.8 Å². The number of unbranched alkanes of at least 4 members (excludes halogenated alkanes) is 1. The zero-order valence-electron chi connectivity index (χ0n) is 24.7. The van der Waals surface area contributed by atoms with Crippen LogP contribution in [0.25, 0.3) is 11.1 Å². The average Bonchev–Trinajstić information content (AvgIpc) is 3.53. The molecule has 4 aromatic rings. The molecule has 45 heavy (non-hydrogen) atoms. The number of nitrogens with zero attached hydrogens (tertiary/aromatic N) is 2. The highest BCUT2D eigenvalue weighted by molar-refractivity contribution is 6.24. The van der Waals surface area contributed by atoms with Crippen LogP contribution in [0.4, 0.5) is 16.2 Å². The molecular weight excluding hydrogens is 566 g/mol. The van der Waals surface area contributed by atoms with E-state index in [9.17, 15) is 14.4 Å². The van der Waals surface area contributed by atoms with E-state index in [0.29, 0.717) is 49.4 Å². The molecule has 4 aromatic carbocycles. The molecule has 7 rings (SSSR count). The summed E-state index contributed by atoms with van der Waals surface area (Å²) in [5.74, 6) is 0.318. The number of carbonyl (C=O) groups excluding carboxylic acids is 3. The van der Waals surface area contributed by atoms with Crippen molar-refractivity contribution in [3.63, 3.8) is 0 Å². The monoisotopic (exact) mass is 599 g/mol. The number of ether oxygens (including phenoxy) is 1. The second kappa shape index (κ2) is 12.0. The van der Waals surface area contributed by atoms with Gasteiger partial charge in [-0.05, 0) is 71.3 Å². The lowest BCUT2D eigenvalue weighted by Crippen LogP contribution is -2.36. The van der Waals surface area contributed by atoms with Gasteiger partial charge in [0.1, 0.15) is 12.4 Å². The lowest BCUT2D eigenvalue weighted by Gasteiger charge is -2.24. The van der Waals surface area contributed by atoms with E-state index in [1.165, 1.54) is 22.3 Å². The molecule has 3 aliphatic rings. The third-order valence-electron chi connectivity index (χ3n) is 8.69. The molecule has 2 heterocycles. The molecule has 0 aromatic heterocycles. The van der Waals surface area contributed by atoms with Crippen LogP contribution >= 0.6 is 0 Å². The number of anilines is 1. The minimum Gasteiger partial charge on any atom is -0.449 e. The third-order valence-corrected chi connectivity index (χ3v) is 8.69. The van der Waals surface area contributed by atoms with Gasteiger partial charge in [0.25, 0.3) is 5.91 Å². The first-order valence-electron chi connectivity index (χ1n) is 15.3. The summed E-state index contributed by atoms with van der Waals surface area (Å²) >= 11 is 0. The molecule has 0 spiro atoms. The van der Waals surface area contributed by atoms with Gasteiger partial charge in [0.2, 0.25) is 5.91 Å². The van der Waals surface area contributed by atoms with Crippen molar-refractivity contribution in [2.75, 3.05) is 18.5 Å². The zero-order chi connectivity index (χ0) is 30.9. The molecule has 0 bridgehead atoms. The maximum atomic E-state index is 12.9. The van der Waals surface area contributed by atoms with Gasteiger partial charge in [-0.2, -0.15) is 0 Å². The van der Waals surface area contributed by atoms with Gasteiger partial charge in [-0.25, -0.2) is 9.79 Å². The summed E-state index contributed by atoms with van der Waals surface area (Å²) in [5, 5.41) is 5.70. The van der Waals surface area contributed by atoms with Crippen molar-refractivity contribution in [3.8, 4) is 11.1 Å². The minimum absolute atomic E-state index is 0.0137. The first-order valence-corrected chi connectivity index (χ1v) is 15.3. The summed E-state index contributed by atoms with van der Waals surface area (Å²) in [4.78, 5) is 44.5. The Hall–Kier alpha value is -5.28. The highest BCUT2D eigenvalue weighted by Crippen LogP contribution is 2.44. The SMILES string of the molecule is N[C@@H](CCCCNC(=O)OCC1c2ccccc2-c2ccccc21)C(=O)Nc1ccc2c(c1)CN1C(=O)c3ccccc3C1=N2. The summed E-state index contributed by atoms with van der Waals surface area (Å²) < 4.78 is 5.59. The maximum absolute atomic E-state index is 12.9. The number of nitrogens with one attached hydrogen (secondary N) is 2. The Labute approximate surface area is 261 Å². The zero-order valence-corrected chi connectivity index (χ0v) is 24.7. The molecule has 226 valence electrons. The highest BCUT2D eigenvalue weighted by Gasteiger charge is 2.36. The van der Waals surface area contributed by atoms with E-state index >= 15 is 0 Å². The van der Waals surface area contributed by atoms with E-state index in [-0.39, 0.29) is 24.3 Å². The molecule has 4 N–H and O–H groups in total. The summed E-state index contributed by atoms with van der Waals surface area (Å²) in [6.07, 6.45) is 1.34. The number of aliphatic imine (C=N–C) groups is 1. The number of benzene rings is 4. The van der Waals surface area contributed by atoms with Crippen LogP contribution in [0.5, 0.6) is 0 Å². The maximum Gasteiger partial charge on any atom is 0.407 e. The van der Waals surface area contributed by atoms with E-state index in [4.69, 9.17) is 15.5 Å². The van der Waals surface area contributed by atoms with E-state index in [0.717, 1.165) is 16.8 Å². The number of fused-ring (bicyclic) bond motifs is 7. The summed E-state index contributed by atoms with van der Waals surface area (Å²) in [7, 11) is 0. The molecule has 0 saturated carbocycles. The Morgan fingerprint density at radius 1 is 0.889 bits per heavy atom. The van der Waals surface area contributed by atoms with Crippen molar-refractivity contribution < 1.29 is 19.1 Å². The molecule has 0 fully saturated rings. The van der Waals surface area contributed by atoms with Crippen LogP contribution < -0.4 is 16.4 Å². The lowest BCUT2D eigenvalue weighted by atomic mass is 9.98. The third kappa shape index (κ3) is 5.47. The van der Waals surface area contributed by atoms with Crippen LogP contribution in [0, 0.1) is 0 Å². The number of amidine groups is 1. The van der Waals surface area contributed by atoms with Gasteiger partial charge in [0.05, 0.1) is 23.8 Å². The lowest BCUT2D eigenvalue weighted by molar-refractivity contribution is -0.117. The Bertz CT molecular complexity index is 1810. The van der Waals surface area contributed by atoms with E-state index in [2.05, 4.69) is 34.9 Å². The smallest absolute Gasteiger partial charge is 0.407 e. The van der Waals surface area contributed by atoms with Crippen molar-refractivity contribution in [2.45, 2.75) is 37.8 Å². The second-order valence-corrected chi connectivity index (χ2v) is 11.6. The number of amides is 3. The topological polar surface area (TPSA) is 126 Å². The Morgan fingerprint density at radius 3 is 2.29 bits per heavy atom. The van der Waals surface area contributed by atoms with Crippen molar-refractivity contribution in [1.82, 2.24) is 10.2 Å². The van der Waals surface area contributed by atoms with Crippen molar-refractivity contribution in [3.05, 3.63) is 119 Å². The number of alkyl carbamates (subject to hydrolysis) is 1.